The zero-order chi connectivity index (χ0) is 19.8. The van der Waals surface area contributed by atoms with Crippen LogP contribution in [0.25, 0.3) is 0 Å². The molecule has 0 spiro atoms. The number of ether oxygens (including phenoxy) is 1. The molecule has 0 saturated carbocycles. The number of nitrogens with zero attached hydrogens (tertiary/aromatic N) is 4. The average molecular weight is 379 g/mol. The van der Waals surface area contributed by atoms with Crippen molar-refractivity contribution in [2.24, 2.45) is 0 Å². The predicted octanol–water partition coefficient (Wildman–Crippen LogP) is 3.46. The second kappa shape index (κ2) is 9.55. The van der Waals surface area contributed by atoms with Crippen molar-refractivity contribution in [1.29, 1.82) is 0 Å². The molecule has 0 unspecified atom stereocenters. The molecule has 2 aromatic heterocycles. The van der Waals surface area contributed by atoms with Crippen LogP contribution >= 0.6 is 0 Å². The molecule has 0 aliphatic carbocycles. The molecule has 1 N–H and O–H groups in total. The molecule has 1 amide bonds. The van der Waals surface area contributed by atoms with Gasteiger partial charge in [-0.15, -0.1) is 0 Å². The summed E-state index contributed by atoms with van der Waals surface area (Å²) in [5.74, 6) is 1.36. The van der Waals surface area contributed by atoms with Crippen molar-refractivity contribution < 1.29 is 9.53 Å². The van der Waals surface area contributed by atoms with Gasteiger partial charge in [-0.05, 0) is 44.2 Å². The highest BCUT2D eigenvalue weighted by Gasteiger charge is 2.09. The minimum atomic E-state index is -0.202. The first-order chi connectivity index (χ1) is 13.7. The molecule has 146 valence electrons. The van der Waals surface area contributed by atoms with Crippen molar-refractivity contribution >= 4 is 17.4 Å². The summed E-state index contributed by atoms with van der Waals surface area (Å²) < 4.78 is 7.55. The van der Waals surface area contributed by atoms with Gasteiger partial charge in [0.15, 0.2) is 0 Å². The lowest BCUT2D eigenvalue weighted by Crippen LogP contribution is -2.23. The SMILES string of the molecule is CCN(CC)c1ccc(C(=O)Nc2cccc(OCCn3cccn3)c2)cn1. The Labute approximate surface area is 165 Å². The molecule has 1 aromatic carbocycles. The fraction of sp³-hybridized carbons (Fsp3) is 0.286. The number of carbonyl (C=O) groups is 1. The van der Waals surface area contributed by atoms with E-state index in [0.717, 1.165) is 18.9 Å². The van der Waals surface area contributed by atoms with Gasteiger partial charge in [-0.3, -0.25) is 9.48 Å². The van der Waals surface area contributed by atoms with Gasteiger partial charge in [-0.2, -0.15) is 5.10 Å². The van der Waals surface area contributed by atoms with Crippen LogP contribution in [-0.2, 0) is 6.54 Å². The van der Waals surface area contributed by atoms with E-state index < -0.39 is 0 Å². The fourth-order valence-electron chi connectivity index (χ4n) is 2.81. The Balaban J connectivity index is 1.57. The maximum atomic E-state index is 12.5. The zero-order valence-electron chi connectivity index (χ0n) is 16.2. The van der Waals surface area contributed by atoms with Gasteiger partial charge in [-0.25, -0.2) is 4.98 Å². The van der Waals surface area contributed by atoms with E-state index in [-0.39, 0.29) is 5.91 Å². The molecule has 0 aliphatic heterocycles. The molecule has 0 fully saturated rings. The third-order valence-corrected chi connectivity index (χ3v) is 4.34. The molecule has 28 heavy (non-hydrogen) atoms. The van der Waals surface area contributed by atoms with Gasteiger partial charge in [0.2, 0.25) is 0 Å². The number of amides is 1. The predicted molar refractivity (Wildman–Crippen MR) is 110 cm³/mol. The highest BCUT2D eigenvalue weighted by molar-refractivity contribution is 6.04. The molecule has 3 aromatic rings. The van der Waals surface area contributed by atoms with Crippen molar-refractivity contribution in [1.82, 2.24) is 14.8 Å². The standard InChI is InChI=1S/C21H25N5O2/c1-3-25(4-2)20-10-9-17(16-22-20)21(27)24-18-7-5-8-19(15-18)28-14-13-26-12-6-11-23-26/h5-12,15-16H,3-4,13-14H2,1-2H3,(H,24,27). The lowest BCUT2D eigenvalue weighted by atomic mass is 10.2. The molecule has 0 saturated heterocycles. The minimum Gasteiger partial charge on any atom is -0.492 e. The van der Waals surface area contributed by atoms with E-state index in [1.165, 1.54) is 0 Å². The number of aromatic nitrogens is 3. The average Bonchev–Trinajstić information content (AvgIpc) is 3.23. The molecular weight excluding hydrogens is 354 g/mol. The zero-order valence-corrected chi connectivity index (χ0v) is 16.2. The van der Waals surface area contributed by atoms with E-state index in [4.69, 9.17) is 4.74 Å². The number of rotatable bonds is 9. The smallest absolute Gasteiger partial charge is 0.257 e. The Hall–Kier alpha value is -3.35. The summed E-state index contributed by atoms with van der Waals surface area (Å²) in [7, 11) is 0. The molecule has 0 bridgehead atoms. The van der Waals surface area contributed by atoms with E-state index in [9.17, 15) is 4.79 Å². The summed E-state index contributed by atoms with van der Waals surface area (Å²) in [4.78, 5) is 19.0. The van der Waals surface area contributed by atoms with Crippen molar-refractivity contribution in [3.8, 4) is 5.75 Å². The van der Waals surface area contributed by atoms with Crippen molar-refractivity contribution in [3.05, 3.63) is 66.6 Å². The number of carbonyl (C=O) groups excluding carboxylic acids is 1. The normalized spacial score (nSPS) is 10.5. The quantitative estimate of drug-likeness (QED) is 0.616. The first-order valence-electron chi connectivity index (χ1n) is 9.42. The molecule has 0 atom stereocenters. The molecular formula is C21H25N5O2. The fourth-order valence-corrected chi connectivity index (χ4v) is 2.81. The van der Waals surface area contributed by atoms with Gasteiger partial charge >= 0.3 is 0 Å². The third-order valence-electron chi connectivity index (χ3n) is 4.34. The summed E-state index contributed by atoms with van der Waals surface area (Å²) in [6.07, 6.45) is 5.23. The largest absolute Gasteiger partial charge is 0.492 e. The van der Waals surface area contributed by atoms with Crippen LogP contribution in [0.1, 0.15) is 24.2 Å². The summed E-state index contributed by atoms with van der Waals surface area (Å²) in [6, 6.07) is 12.9. The van der Waals surface area contributed by atoms with Gasteiger partial charge in [0.25, 0.3) is 5.91 Å². The van der Waals surface area contributed by atoms with E-state index in [1.807, 2.05) is 36.5 Å². The minimum absolute atomic E-state index is 0.202. The molecule has 0 radical (unpaired) electrons. The first kappa shape index (κ1) is 19.4. The maximum absolute atomic E-state index is 12.5. The van der Waals surface area contributed by atoms with Crippen LogP contribution in [0, 0.1) is 0 Å². The van der Waals surface area contributed by atoms with Crippen molar-refractivity contribution in [3.63, 3.8) is 0 Å². The lowest BCUT2D eigenvalue weighted by molar-refractivity contribution is 0.102. The highest BCUT2D eigenvalue weighted by Crippen LogP contribution is 2.19. The van der Waals surface area contributed by atoms with Gasteiger partial charge in [-0.1, -0.05) is 6.07 Å². The van der Waals surface area contributed by atoms with E-state index in [2.05, 4.69) is 34.1 Å². The Bertz CT molecular complexity index is 874. The topological polar surface area (TPSA) is 72.3 Å². The third kappa shape index (κ3) is 5.09. The van der Waals surface area contributed by atoms with Crippen LogP contribution in [0.4, 0.5) is 11.5 Å². The highest BCUT2D eigenvalue weighted by atomic mass is 16.5. The Kier molecular flexibility index (Phi) is 6.62. The summed E-state index contributed by atoms with van der Waals surface area (Å²) in [5.41, 5.74) is 1.19. The van der Waals surface area contributed by atoms with Gasteiger partial charge < -0.3 is 15.0 Å². The summed E-state index contributed by atoms with van der Waals surface area (Å²) in [6.45, 7) is 7.07. The van der Waals surface area contributed by atoms with Gasteiger partial charge in [0, 0.05) is 43.4 Å². The second-order valence-corrected chi connectivity index (χ2v) is 6.18. The molecule has 3 rings (SSSR count). The first-order valence-corrected chi connectivity index (χ1v) is 9.42. The molecule has 7 nitrogen and oxygen atoms in total. The van der Waals surface area contributed by atoms with Crippen LogP contribution in [0.3, 0.4) is 0 Å². The van der Waals surface area contributed by atoms with Crippen molar-refractivity contribution in [2.45, 2.75) is 20.4 Å². The Morgan fingerprint density at radius 3 is 2.71 bits per heavy atom. The van der Waals surface area contributed by atoms with Crippen LogP contribution in [0.2, 0.25) is 0 Å². The number of nitrogens with one attached hydrogen (secondary N) is 1. The van der Waals surface area contributed by atoms with Crippen LogP contribution in [0.5, 0.6) is 5.75 Å². The van der Waals surface area contributed by atoms with Gasteiger partial charge in [0.05, 0.1) is 12.1 Å². The number of hydrogen-bond donors (Lipinski definition) is 1. The Morgan fingerprint density at radius 2 is 2.04 bits per heavy atom. The second-order valence-electron chi connectivity index (χ2n) is 6.18. The maximum Gasteiger partial charge on any atom is 0.257 e. The number of hydrogen-bond acceptors (Lipinski definition) is 5. The molecule has 7 heteroatoms. The van der Waals surface area contributed by atoms with Crippen LogP contribution < -0.4 is 15.0 Å². The van der Waals surface area contributed by atoms with E-state index >= 15 is 0 Å². The summed E-state index contributed by atoms with van der Waals surface area (Å²) in [5, 5.41) is 7.03. The number of benzene rings is 1. The lowest BCUT2D eigenvalue weighted by Gasteiger charge is -2.19. The van der Waals surface area contributed by atoms with Crippen molar-refractivity contribution in [2.75, 3.05) is 29.9 Å². The molecule has 0 aliphatic rings. The van der Waals surface area contributed by atoms with Crippen LogP contribution in [-0.4, -0.2) is 40.4 Å². The van der Waals surface area contributed by atoms with E-state index in [1.54, 1.807) is 29.2 Å². The Morgan fingerprint density at radius 1 is 1.18 bits per heavy atom. The van der Waals surface area contributed by atoms with E-state index in [0.29, 0.717) is 30.2 Å². The molecule has 2 heterocycles. The number of anilines is 2. The van der Waals surface area contributed by atoms with Gasteiger partial charge in [0.1, 0.15) is 18.2 Å². The van der Waals surface area contributed by atoms with Crippen LogP contribution in [0.15, 0.2) is 61.1 Å². The monoisotopic (exact) mass is 379 g/mol. The summed E-state index contributed by atoms with van der Waals surface area (Å²) >= 11 is 0. The number of pyridine rings is 1.